The summed E-state index contributed by atoms with van der Waals surface area (Å²) in [5, 5.41) is 0. The van der Waals surface area contributed by atoms with Gasteiger partial charge in [0.1, 0.15) is 0 Å². The van der Waals surface area contributed by atoms with E-state index in [1.165, 1.54) is 16.0 Å². The molecule has 0 bridgehead atoms. The van der Waals surface area contributed by atoms with Gasteiger partial charge in [0.25, 0.3) is 0 Å². The molecule has 0 radical (unpaired) electrons. The molecular weight excluding hydrogens is 260 g/mol. The summed E-state index contributed by atoms with van der Waals surface area (Å²) in [5.74, 6) is 0. The zero-order valence-corrected chi connectivity index (χ0v) is 13.2. The third-order valence-corrected chi connectivity index (χ3v) is 4.35. The Balaban J connectivity index is 2.07. The van der Waals surface area contributed by atoms with Crippen molar-refractivity contribution in [2.75, 3.05) is 12.9 Å². The van der Waals surface area contributed by atoms with E-state index < -0.39 is 8.32 Å². The van der Waals surface area contributed by atoms with Crippen molar-refractivity contribution in [2.24, 2.45) is 0 Å². The van der Waals surface area contributed by atoms with E-state index in [1.807, 2.05) is 0 Å². The van der Waals surface area contributed by atoms with Gasteiger partial charge in [-0.2, -0.15) is 0 Å². The van der Waals surface area contributed by atoms with Crippen molar-refractivity contribution in [3.8, 4) is 0 Å². The summed E-state index contributed by atoms with van der Waals surface area (Å²) >= 11 is 1.76. The van der Waals surface area contributed by atoms with Crippen LogP contribution >= 0.6 is 11.8 Å². The second kappa shape index (κ2) is 5.61. The molecule has 0 aliphatic carbocycles. The van der Waals surface area contributed by atoms with Crippen molar-refractivity contribution in [3.05, 3.63) is 35.9 Å². The number of benzene rings is 1. The Morgan fingerprint density at radius 1 is 1.22 bits per heavy atom. The Morgan fingerprint density at radius 2 is 1.89 bits per heavy atom. The third-order valence-electron chi connectivity index (χ3n) is 2.67. The Hall–Kier alpha value is -0.553. The van der Waals surface area contributed by atoms with Crippen molar-refractivity contribution in [1.29, 1.82) is 0 Å². The van der Waals surface area contributed by atoms with Crippen LogP contribution in [-0.2, 0) is 9.16 Å². The molecule has 1 heterocycles. The van der Waals surface area contributed by atoms with Gasteiger partial charge in [0.15, 0.2) is 14.6 Å². The van der Waals surface area contributed by atoms with E-state index in [4.69, 9.17) is 9.16 Å². The first-order valence-electron chi connectivity index (χ1n) is 6.12. The summed E-state index contributed by atoms with van der Waals surface area (Å²) in [5.41, 5.74) is 2.46. The number of rotatable bonds is 4. The van der Waals surface area contributed by atoms with Crippen molar-refractivity contribution in [1.82, 2.24) is 0 Å². The van der Waals surface area contributed by atoms with Crippen LogP contribution in [0, 0.1) is 0 Å². The lowest BCUT2D eigenvalue weighted by atomic mass is 10.1. The number of ether oxygens (including phenoxy) is 1. The monoisotopic (exact) mass is 280 g/mol. The lowest BCUT2D eigenvalue weighted by Gasteiger charge is -2.21. The van der Waals surface area contributed by atoms with E-state index in [9.17, 15) is 0 Å². The molecule has 1 aromatic rings. The number of thioether (sulfide) groups is 1. The van der Waals surface area contributed by atoms with Gasteiger partial charge in [-0.3, -0.25) is 0 Å². The van der Waals surface area contributed by atoms with Crippen LogP contribution < -0.4 is 0 Å². The van der Waals surface area contributed by atoms with Crippen LogP contribution in [0.1, 0.15) is 5.56 Å². The normalized spacial score (nSPS) is 20.0. The minimum Gasteiger partial charge on any atom is -0.390 e. The molecule has 18 heavy (non-hydrogen) atoms. The first kappa shape index (κ1) is 13.9. The van der Waals surface area contributed by atoms with Crippen molar-refractivity contribution >= 4 is 25.7 Å². The number of hydrogen-bond acceptors (Lipinski definition) is 3. The highest BCUT2D eigenvalue weighted by Gasteiger charge is 2.24. The van der Waals surface area contributed by atoms with Gasteiger partial charge in [-0.05, 0) is 55.2 Å². The molecule has 0 saturated heterocycles. The van der Waals surface area contributed by atoms with Gasteiger partial charge >= 0.3 is 0 Å². The molecule has 0 saturated carbocycles. The molecule has 1 aliphatic rings. The van der Waals surface area contributed by atoms with Gasteiger partial charge in [0.2, 0.25) is 0 Å². The average molecular weight is 280 g/mol. The first-order valence-corrected chi connectivity index (χ1v) is 10.8. The summed E-state index contributed by atoms with van der Waals surface area (Å²) in [6.45, 7) is 7.17. The molecule has 1 aromatic carbocycles. The van der Waals surface area contributed by atoms with E-state index in [0.717, 1.165) is 0 Å². The first-order chi connectivity index (χ1) is 8.48. The second-order valence-corrected chi connectivity index (χ2v) is 10.7. The number of hydrogen-bond donors (Lipinski definition) is 0. The zero-order valence-electron chi connectivity index (χ0n) is 11.4. The van der Waals surface area contributed by atoms with E-state index in [2.05, 4.69) is 56.2 Å². The predicted molar refractivity (Wildman–Crippen MR) is 80.4 cm³/mol. The fourth-order valence-corrected chi connectivity index (χ4v) is 3.07. The van der Waals surface area contributed by atoms with E-state index in [1.54, 1.807) is 11.8 Å². The summed E-state index contributed by atoms with van der Waals surface area (Å²) in [6.07, 6.45) is 4.03. The summed E-state index contributed by atoms with van der Waals surface area (Å²) in [6, 6.07) is 8.59. The van der Waals surface area contributed by atoms with Crippen LogP contribution in [-0.4, -0.2) is 27.5 Å². The molecule has 1 aliphatic heterocycles. The summed E-state index contributed by atoms with van der Waals surface area (Å²) in [4.78, 5) is 1.29. The topological polar surface area (TPSA) is 18.5 Å². The third kappa shape index (κ3) is 3.72. The van der Waals surface area contributed by atoms with Crippen LogP contribution in [0.4, 0.5) is 0 Å². The van der Waals surface area contributed by atoms with Crippen LogP contribution in [0.2, 0.25) is 19.6 Å². The highest BCUT2D eigenvalue weighted by Crippen LogP contribution is 2.26. The predicted octanol–water partition coefficient (Wildman–Crippen LogP) is 4.00. The van der Waals surface area contributed by atoms with Gasteiger partial charge in [-0.15, -0.1) is 11.8 Å². The van der Waals surface area contributed by atoms with Crippen molar-refractivity contribution < 1.29 is 9.16 Å². The van der Waals surface area contributed by atoms with Gasteiger partial charge in [0.05, 0.1) is 6.61 Å². The standard InChI is InChI=1S/C14H20O2SSi/c1-17-13-7-5-11(6-8-13)12-9-14(15-10-12)16-18(2,3)4/h5-9,14H,10H2,1-4H3. The molecule has 0 fully saturated rings. The zero-order chi connectivity index (χ0) is 13.2. The highest BCUT2D eigenvalue weighted by molar-refractivity contribution is 7.98. The lowest BCUT2D eigenvalue weighted by Crippen LogP contribution is -2.31. The Kier molecular flexibility index (Phi) is 4.32. The molecular formula is C14H20O2SSi. The quantitative estimate of drug-likeness (QED) is 0.613. The van der Waals surface area contributed by atoms with E-state index in [-0.39, 0.29) is 6.29 Å². The lowest BCUT2D eigenvalue weighted by molar-refractivity contribution is -0.0238. The summed E-state index contributed by atoms with van der Waals surface area (Å²) < 4.78 is 11.6. The van der Waals surface area contributed by atoms with Crippen molar-refractivity contribution in [2.45, 2.75) is 30.8 Å². The Morgan fingerprint density at radius 3 is 2.44 bits per heavy atom. The molecule has 2 nitrogen and oxygen atoms in total. The molecule has 1 atom stereocenters. The molecule has 98 valence electrons. The van der Waals surface area contributed by atoms with Crippen LogP contribution in [0.3, 0.4) is 0 Å². The van der Waals surface area contributed by atoms with E-state index >= 15 is 0 Å². The van der Waals surface area contributed by atoms with Crippen LogP contribution in [0.5, 0.6) is 0 Å². The Bertz CT molecular complexity index is 434. The molecule has 0 spiro atoms. The molecule has 0 N–H and O–H groups in total. The largest absolute Gasteiger partial charge is 0.390 e. The van der Waals surface area contributed by atoms with Gasteiger partial charge in [-0.25, -0.2) is 0 Å². The smallest absolute Gasteiger partial charge is 0.187 e. The SMILES string of the molecule is CSc1ccc(C2=CC(O[Si](C)(C)C)OC2)cc1. The molecule has 2 rings (SSSR count). The molecule has 4 heteroatoms. The fourth-order valence-electron chi connectivity index (χ4n) is 1.83. The minimum absolute atomic E-state index is 0.160. The maximum atomic E-state index is 5.93. The van der Waals surface area contributed by atoms with E-state index in [0.29, 0.717) is 6.61 Å². The summed E-state index contributed by atoms with van der Waals surface area (Å²) in [7, 11) is -1.54. The second-order valence-electron chi connectivity index (χ2n) is 5.33. The molecule has 0 aromatic heterocycles. The van der Waals surface area contributed by atoms with Crippen LogP contribution in [0.15, 0.2) is 35.2 Å². The molecule has 1 unspecified atom stereocenters. The van der Waals surface area contributed by atoms with Gasteiger partial charge < -0.3 is 9.16 Å². The van der Waals surface area contributed by atoms with Crippen LogP contribution in [0.25, 0.3) is 5.57 Å². The fraction of sp³-hybridized carbons (Fsp3) is 0.429. The van der Waals surface area contributed by atoms with Gasteiger partial charge in [0, 0.05) is 4.90 Å². The minimum atomic E-state index is -1.54. The van der Waals surface area contributed by atoms with Crippen molar-refractivity contribution in [3.63, 3.8) is 0 Å². The maximum Gasteiger partial charge on any atom is 0.187 e. The average Bonchev–Trinajstić information content (AvgIpc) is 2.75. The maximum absolute atomic E-state index is 5.93. The van der Waals surface area contributed by atoms with Gasteiger partial charge in [-0.1, -0.05) is 12.1 Å². The molecule has 0 amide bonds. The highest BCUT2D eigenvalue weighted by atomic mass is 32.2. The Labute approximate surface area is 115 Å².